The summed E-state index contributed by atoms with van der Waals surface area (Å²) in [5.41, 5.74) is 0.302. The van der Waals surface area contributed by atoms with Gasteiger partial charge in [-0.05, 0) is 30.7 Å². The summed E-state index contributed by atoms with van der Waals surface area (Å²) in [6, 6.07) is 1.80. The van der Waals surface area contributed by atoms with Crippen molar-refractivity contribution in [1.29, 1.82) is 0 Å². The van der Waals surface area contributed by atoms with Gasteiger partial charge in [-0.2, -0.15) is 0 Å². The smallest absolute Gasteiger partial charge is 0.352 e. The Kier molecular flexibility index (Phi) is 2.98. The van der Waals surface area contributed by atoms with E-state index in [0.717, 1.165) is 12.8 Å². The first-order valence-corrected chi connectivity index (χ1v) is 5.99. The Hall–Kier alpha value is -0.960. The Labute approximate surface area is 100 Å². The zero-order valence-electron chi connectivity index (χ0n) is 9.48. The van der Waals surface area contributed by atoms with Gasteiger partial charge in [-0.25, -0.2) is 4.79 Å². The lowest BCUT2D eigenvalue weighted by Gasteiger charge is -2.21. The topological polar surface area (TPSA) is 42.2 Å². The second-order valence-electron chi connectivity index (χ2n) is 4.74. The first-order valence-electron chi connectivity index (χ1n) is 5.61. The van der Waals surface area contributed by atoms with Gasteiger partial charge < -0.3 is 9.67 Å². The number of rotatable bonds is 2. The molecule has 0 spiro atoms. The molecule has 1 aliphatic carbocycles. The number of hydrogen-bond acceptors (Lipinski definition) is 1. The van der Waals surface area contributed by atoms with E-state index in [-0.39, 0.29) is 6.04 Å². The van der Waals surface area contributed by atoms with Crippen LogP contribution in [0, 0.1) is 11.8 Å². The van der Waals surface area contributed by atoms with E-state index in [9.17, 15) is 4.79 Å². The van der Waals surface area contributed by atoms with Gasteiger partial charge in [0.15, 0.2) is 0 Å². The molecule has 1 aromatic rings. The monoisotopic (exact) mass is 241 g/mol. The molecule has 3 nitrogen and oxygen atoms in total. The van der Waals surface area contributed by atoms with Gasteiger partial charge in [-0.3, -0.25) is 0 Å². The van der Waals surface area contributed by atoms with Gasteiger partial charge in [0.2, 0.25) is 0 Å². The van der Waals surface area contributed by atoms with Crippen LogP contribution in [-0.2, 0) is 0 Å². The molecule has 1 aliphatic rings. The van der Waals surface area contributed by atoms with E-state index in [4.69, 9.17) is 16.7 Å². The average molecular weight is 242 g/mol. The first-order chi connectivity index (χ1) is 7.50. The number of carboxylic acids is 1. The lowest BCUT2D eigenvalue weighted by Crippen LogP contribution is -2.18. The van der Waals surface area contributed by atoms with Crippen molar-refractivity contribution in [2.75, 3.05) is 0 Å². The van der Waals surface area contributed by atoms with E-state index >= 15 is 0 Å². The molecular weight excluding hydrogens is 226 g/mol. The molecule has 3 atom stereocenters. The molecule has 1 heterocycles. The molecule has 16 heavy (non-hydrogen) atoms. The fourth-order valence-electron chi connectivity index (χ4n) is 2.62. The molecule has 2 rings (SSSR count). The highest BCUT2D eigenvalue weighted by Crippen LogP contribution is 2.41. The summed E-state index contributed by atoms with van der Waals surface area (Å²) in [5, 5.41) is 9.62. The maximum absolute atomic E-state index is 11.1. The summed E-state index contributed by atoms with van der Waals surface area (Å²) >= 11 is 5.89. The van der Waals surface area contributed by atoms with Crippen molar-refractivity contribution in [3.8, 4) is 0 Å². The van der Waals surface area contributed by atoms with Crippen LogP contribution in [0.25, 0.3) is 0 Å². The zero-order valence-corrected chi connectivity index (χ0v) is 10.2. The van der Waals surface area contributed by atoms with E-state index in [1.807, 2.05) is 4.57 Å². The Morgan fingerprint density at radius 2 is 2.19 bits per heavy atom. The molecule has 1 saturated carbocycles. The minimum absolute atomic E-state index is 0.272. The quantitative estimate of drug-likeness (QED) is 0.862. The van der Waals surface area contributed by atoms with Crippen LogP contribution < -0.4 is 0 Å². The van der Waals surface area contributed by atoms with Gasteiger partial charge in [-0.15, -0.1) is 0 Å². The third-order valence-corrected chi connectivity index (χ3v) is 4.02. The molecule has 1 aromatic heterocycles. The van der Waals surface area contributed by atoms with Crippen molar-refractivity contribution in [3.05, 3.63) is 23.0 Å². The molecule has 0 aromatic carbocycles. The normalized spacial score (nSPS) is 29.6. The van der Waals surface area contributed by atoms with Crippen LogP contribution in [0.5, 0.6) is 0 Å². The number of halogens is 1. The fraction of sp³-hybridized carbons (Fsp3) is 0.583. The second-order valence-corrected chi connectivity index (χ2v) is 5.17. The van der Waals surface area contributed by atoms with Crippen LogP contribution in [0.2, 0.25) is 5.02 Å². The minimum atomic E-state index is -0.904. The van der Waals surface area contributed by atoms with Crippen LogP contribution in [-0.4, -0.2) is 15.6 Å². The number of nitrogens with zero attached hydrogens (tertiary/aromatic N) is 1. The average Bonchev–Trinajstić information content (AvgIpc) is 2.73. The minimum Gasteiger partial charge on any atom is -0.477 e. The van der Waals surface area contributed by atoms with Crippen molar-refractivity contribution in [2.24, 2.45) is 11.8 Å². The number of carboxylic acid groups (broad SMARTS) is 1. The highest BCUT2D eigenvalue weighted by molar-refractivity contribution is 6.30. The van der Waals surface area contributed by atoms with Gasteiger partial charge in [0.1, 0.15) is 5.69 Å². The molecular formula is C12H16ClNO2. The molecule has 1 N–H and O–H groups in total. The summed E-state index contributed by atoms with van der Waals surface area (Å²) in [6.45, 7) is 4.40. The molecule has 0 amide bonds. The van der Waals surface area contributed by atoms with Crippen molar-refractivity contribution in [3.63, 3.8) is 0 Å². The summed E-state index contributed by atoms with van der Waals surface area (Å²) in [4.78, 5) is 11.1. The second kappa shape index (κ2) is 4.13. The van der Waals surface area contributed by atoms with Crippen molar-refractivity contribution < 1.29 is 9.90 Å². The van der Waals surface area contributed by atoms with Gasteiger partial charge in [-0.1, -0.05) is 25.4 Å². The van der Waals surface area contributed by atoms with E-state index in [0.29, 0.717) is 22.6 Å². The summed E-state index contributed by atoms with van der Waals surface area (Å²) in [6.07, 6.45) is 3.93. The van der Waals surface area contributed by atoms with Crippen LogP contribution in [0.15, 0.2) is 12.3 Å². The highest BCUT2D eigenvalue weighted by atomic mass is 35.5. The molecule has 0 bridgehead atoms. The zero-order chi connectivity index (χ0) is 11.9. The third kappa shape index (κ3) is 1.84. The SMILES string of the molecule is CC1CCC(n2cc(Cl)cc2C(=O)O)C1C. The molecule has 0 saturated heterocycles. The standard InChI is InChI=1S/C12H16ClNO2/c1-7-3-4-10(8(7)2)14-6-9(13)5-11(14)12(15)16/h5-8,10H,3-4H2,1-2H3,(H,15,16). The maximum Gasteiger partial charge on any atom is 0.352 e. The summed E-state index contributed by atoms with van der Waals surface area (Å²) in [5.74, 6) is 0.244. The lowest BCUT2D eigenvalue weighted by atomic mass is 9.97. The van der Waals surface area contributed by atoms with Crippen molar-refractivity contribution in [1.82, 2.24) is 4.57 Å². The lowest BCUT2D eigenvalue weighted by molar-refractivity contribution is 0.0681. The Bertz CT molecular complexity index is 413. The van der Waals surface area contributed by atoms with Gasteiger partial charge >= 0.3 is 5.97 Å². The number of aromatic carboxylic acids is 1. The van der Waals surface area contributed by atoms with E-state index in [2.05, 4.69) is 13.8 Å². The molecule has 4 heteroatoms. The maximum atomic E-state index is 11.1. The van der Waals surface area contributed by atoms with Crippen LogP contribution >= 0.6 is 11.6 Å². The predicted octanol–water partition coefficient (Wildman–Crippen LogP) is 3.45. The molecule has 1 fully saturated rings. The third-order valence-electron chi connectivity index (χ3n) is 3.81. The predicted molar refractivity (Wildman–Crippen MR) is 63.0 cm³/mol. The highest BCUT2D eigenvalue weighted by Gasteiger charge is 2.32. The summed E-state index contributed by atoms with van der Waals surface area (Å²) < 4.78 is 1.83. The van der Waals surface area contributed by atoms with Crippen molar-refractivity contribution >= 4 is 17.6 Å². The van der Waals surface area contributed by atoms with Crippen LogP contribution in [0.1, 0.15) is 43.2 Å². The van der Waals surface area contributed by atoms with E-state index < -0.39 is 5.97 Å². The molecule has 0 aliphatic heterocycles. The Balaban J connectivity index is 2.36. The van der Waals surface area contributed by atoms with Gasteiger partial charge in [0.25, 0.3) is 0 Å². The molecule has 3 unspecified atom stereocenters. The van der Waals surface area contributed by atoms with E-state index in [1.165, 1.54) is 6.07 Å². The van der Waals surface area contributed by atoms with Crippen LogP contribution in [0.3, 0.4) is 0 Å². The van der Waals surface area contributed by atoms with Gasteiger partial charge in [0, 0.05) is 12.2 Å². The Morgan fingerprint density at radius 1 is 1.50 bits per heavy atom. The van der Waals surface area contributed by atoms with Gasteiger partial charge in [0.05, 0.1) is 5.02 Å². The van der Waals surface area contributed by atoms with Crippen molar-refractivity contribution in [2.45, 2.75) is 32.7 Å². The number of aromatic nitrogens is 1. The first kappa shape index (κ1) is 11.5. The largest absolute Gasteiger partial charge is 0.477 e. The fourth-order valence-corrected chi connectivity index (χ4v) is 2.83. The van der Waals surface area contributed by atoms with Crippen LogP contribution in [0.4, 0.5) is 0 Å². The molecule has 88 valence electrons. The molecule has 0 radical (unpaired) electrons. The summed E-state index contributed by atoms with van der Waals surface area (Å²) in [7, 11) is 0. The Morgan fingerprint density at radius 3 is 2.69 bits per heavy atom. The number of hydrogen-bond donors (Lipinski definition) is 1. The number of carbonyl (C=O) groups is 1. The van der Waals surface area contributed by atoms with E-state index in [1.54, 1.807) is 6.20 Å².